The molecule has 0 saturated heterocycles. The van der Waals surface area contributed by atoms with Gasteiger partial charge in [0.05, 0.1) is 0 Å². The van der Waals surface area contributed by atoms with Crippen LogP contribution in [0.2, 0.25) is 0 Å². The van der Waals surface area contributed by atoms with Crippen molar-refractivity contribution in [3.63, 3.8) is 0 Å². The summed E-state index contributed by atoms with van der Waals surface area (Å²) < 4.78 is 5.19. The third kappa shape index (κ3) is 6.02. The fraction of sp³-hybridized carbons (Fsp3) is 0.444. The maximum Gasteiger partial charge on any atom is 0.303 e. The lowest BCUT2D eigenvalue weighted by atomic mass is 10.0. The Hall–Kier alpha value is -2.70. The molecule has 1 heterocycles. The molecule has 0 aliphatic rings. The van der Waals surface area contributed by atoms with Crippen LogP contribution in [-0.2, 0) is 16.0 Å². The van der Waals surface area contributed by atoms with Gasteiger partial charge >= 0.3 is 5.97 Å². The van der Waals surface area contributed by atoms with Gasteiger partial charge in [0.1, 0.15) is 0 Å². The van der Waals surface area contributed by atoms with Crippen LogP contribution in [0.25, 0.3) is 11.4 Å². The molecule has 0 unspecified atom stereocenters. The summed E-state index contributed by atoms with van der Waals surface area (Å²) in [6.07, 6.45) is 1.03. The van der Waals surface area contributed by atoms with Crippen molar-refractivity contribution in [2.75, 3.05) is 6.54 Å². The number of aromatic nitrogens is 2. The van der Waals surface area contributed by atoms with Crippen LogP contribution in [0.3, 0.4) is 0 Å². The first-order valence-corrected chi connectivity index (χ1v) is 8.37. The zero-order valence-electron chi connectivity index (χ0n) is 14.5. The van der Waals surface area contributed by atoms with Gasteiger partial charge in [-0.3, -0.25) is 9.59 Å². The summed E-state index contributed by atoms with van der Waals surface area (Å²) in [5, 5.41) is 15.2. The smallest absolute Gasteiger partial charge is 0.303 e. The minimum absolute atomic E-state index is 0.0445. The average Bonchev–Trinajstić information content (AvgIpc) is 3.06. The molecule has 25 heavy (non-hydrogen) atoms. The summed E-state index contributed by atoms with van der Waals surface area (Å²) in [6, 6.07) is 8.00. The molecule has 7 nitrogen and oxygen atoms in total. The van der Waals surface area contributed by atoms with Gasteiger partial charge in [-0.2, -0.15) is 4.98 Å². The van der Waals surface area contributed by atoms with Crippen LogP contribution in [0, 0.1) is 0 Å². The predicted octanol–water partition coefficient (Wildman–Crippen LogP) is 2.77. The number of carboxylic acids is 1. The molecule has 1 amide bonds. The number of nitrogens with zero attached hydrogens (tertiary/aromatic N) is 2. The summed E-state index contributed by atoms with van der Waals surface area (Å²) in [5.74, 6) is 0.347. The number of hydrogen-bond donors (Lipinski definition) is 2. The van der Waals surface area contributed by atoms with Gasteiger partial charge in [-0.05, 0) is 17.9 Å². The highest BCUT2D eigenvalue weighted by molar-refractivity contribution is 5.76. The first-order valence-electron chi connectivity index (χ1n) is 8.37. The second kappa shape index (κ2) is 8.96. The minimum Gasteiger partial charge on any atom is -0.481 e. The van der Waals surface area contributed by atoms with E-state index in [1.807, 2.05) is 24.3 Å². The van der Waals surface area contributed by atoms with E-state index in [1.54, 1.807) is 0 Å². The van der Waals surface area contributed by atoms with Crippen molar-refractivity contribution in [2.24, 2.45) is 0 Å². The van der Waals surface area contributed by atoms with E-state index in [0.717, 1.165) is 5.56 Å². The Kier molecular flexibility index (Phi) is 6.68. The number of aliphatic carboxylic acids is 1. The molecule has 2 aromatic rings. The molecule has 0 spiro atoms. The largest absolute Gasteiger partial charge is 0.481 e. The zero-order chi connectivity index (χ0) is 18.2. The zero-order valence-corrected chi connectivity index (χ0v) is 14.5. The normalized spacial score (nSPS) is 10.8. The van der Waals surface area contributed by atoms with Crippen LogP contribution in [0.5, 0.6) is 0 Å². The lowest BCUT2D eigenvalue weighted by Crippen LogP contribution is -2.25. The van der Waals surface area contributed by atoms with Gasteiger partial charge < -0.3 is 14.9 Å². The lowest BCUT2D eigenvalue weighted by Gasteiger charge is -2.04. The Morgan fingerprint density at radius 3 is 2.56 bits per heavy atom. The molecular weight excluding hydrogens is 322 g/mol. The van der Waals surface area contributed by atoms with Crippen LogP contribution in [0.1, 0.15) is 50.5 Å². The van der Waals surface area contributed by atoms with Crippen LogP contribution in [-0.4, -0.2) is 33.7 Å². The second-order valence-electron chi connectivity index (χ2n) is 6.14. The molecule has 0 saturated carbocycles. The van der Waals surface area contributed by atoms with E-state index < -0.39 is 5.97 Å². The Morgan fingerprint density at radius 1 is 1.20 bits per heavy atom. The Balaban J connectivity index is 1.81. The molecule has 1 aromatic carbocycles. The van der Waals surface area contributed by atoms with E-state index in [4.69, 9.17) is 9.63 Å². The van der Waals surface area contributed by atoms with Crippen LogP contribution < -0.4 is 5.32 Å². The van der Waals surface area contributed by atoms with Gasteiger partial charge in [0.2, 0.25) is 17.6 Å². The van der Waals surface area contributed by atoms with Crippen molar-refractivity contribution < 1.29 is 19.2 Å². The number of carboxylic acid groups (broad SMARTS) is 1. The van der Waals surface area contributed by atoms with Crippen molar-refractivity contribution in [1.82, 2.24) is 15.5 Å². The summed E-state index contributed by atoms with van der Waals surface area (Å²) in [4.78, 5) is 26.4. The number of carbonyl (C=O) groups is 2. The molecule has 0 aliphatic carbocycles. The minimum atomic E-state index is -0.867. The molecule has 1 aromatic heterocycles. The maximum atomic E-state index is 11.7. The Bertz CT molecular complexity index is 707. The molecule has 7 heteroatoms. The van der Waals surface area contributed by atoms with Gasteiger partial charge in [-0.1, -0.05) is 43.3 Å². The number of carbonyl (C=O) groups excluding carboxylic acids is 1. The van der Waals surface area contributed by atoms with E-state index in [1.165, 1.54) is 5.56 Å². The number of rotatable bonds is 9. The molecule has 134 valence electrons. The summed E-state index contributed by atoms with van der Waals surface area (Å²) >= 11 is 0. The summed E-state index contributed by atoms with van der Waals surface area (Å²) in [7, 11) is 0. The molecule has 0 radical (unpaired) electrons. The average molecular weight is 345 g/mol. The van der Waals surface area contributed by atoms with Crippen LogP contribution in [0.4, 0.5) is 0 Å². The fourth-order valence-electron chi connectivity index (χ4n) is 2.27. The highest BCUT2D eigenvalue weighted by Gasteiger charge is 2.11. The number of aryl methyl sites for hydroxylation is 1. The third-order valence-electron chi connectivity index (χ3n) is 3.76. The third-order valence-corrected chi connectivity index (χ3v) is 3.76. The van der Waals surface area contributed by atoms with E-state index >= 15 is 0 Å². The molecular formula is C18H23N3O4. The lowest BCUT2D eigenvalue weighted by molar-refractivity contribution is -0.137. The van der Waals surface area contributed by atoms with Gasteiger partial charge in [-0.15, -0.1) is 0 Å². The summed E-state index contributed by atoms with van der Waals surface area (Å²) in [5.41, 5.74) is 2.12. The molecule has 0 aliphatic heterocycles. The van der Waals surface area contributed by atoms with E-state index in [9.17, 15) is 9.59 Å². The first kappa shape index (κ1) is 18.6. The van der Waals surface area contributed by atoms with Crippen molar-refractivity contribution in [3.8, 4) is 11.4 Å². The molecule has 0 atom stereocenters. The van der Waals surface area contributed by atoms with E-state index in [-0.39, 0.29) is 18.7 Å². The van der Waals surface area contributed by atoms with E-state index in [0.29, 0.717) is 37.0 Å². The fourth-order valence-corrected chi connectivity index (χ4v) is 2.27. The van der Waals surface area contributed by atoms with Crippen molar-refractivity contribution in [1.29, 1.82) is 0 Å². The SMILES string of the molecule is CC(C)c1ccc(-c2noc(CCC(=O)NCCCC(=O)O)n2)cc1. The van der Waals surface area contributed by atoms with Crippen molar-refractivity contribution in [3.05, 3.63) is 35.7 Å². The van der Waals surface area contributed by atoms with E-state index in [2.05, 4.69) is 29.3 Å². The van der Waals surface area contributed by atoms with Gasteiger partial charge in [-0.25, -0.2) is 0 Å². The molecule has 0 fully saturated rings. The molecule has 0 bridgehead atoms. The number of benzene rings is 1. The predicted molar refractivity (Wildman–Crippen MR) is 92.0 cm³/mol. The first-order chi connectivity index (χ1) is 12.0. The Morgan fingerprint density at radius 2 is 1.92 bits per heavy atom. The van der Waals surface area contributed by atoms with Gasteiger partial charge in [0.25, 0.3) is 0 Å². The van der Waals surface area contributed by atoms with Gasteiger partial charge in [0.15, 0.2) is 0 Å². The Labute approximate surface area is 146 Å². The highest BCUT2D eigenvalue weighted by Crippen LogP contribution is 2.20. The highest BCUT2D eigenvalue weighted by atomic mass is 16.5. The van der Waals surface area contributed by atoms with Crippen molar-refractivity contribution in [2.45, 2.75) is 45.4 Å². The van der Waals surface area contributed by atoms with Crippen molar-refractivity contribution >= 4 is 11.9 Å². The topological polar surface area (TPSA) is 105 Å². The maximum absolute atomic E-state index is 11.7. The standard InChI is InChI=1S/C18H23N3O4/c1-12(2)13-5-7-14(8-6-13)18-20-16(25-21-18)10-9-15(22)19-11-3-4-17(23)24/h5-8,12H,3-4,9-11H2,1-2H3,(H,19,22)(H,23,24). The quantitative estimate of drug-likeness (QED) is 0.677. The van der Waals surface area contributed by atoms with Crippen LogP contribution >= 0.6 is 0 Å². The monoisotopic (exact) mass is 345 g/mol. The number of nitrogens with one attached hydrogen (secondary N) is 1. The number of hydrogen-bond acceptors (Lipinski definition) is 5. The van der Waals surface area contributed by atoms with Gasteiger partial charge in [0, 0.05) is 31.4 Å². The number of amides is 1. The van der Waals surface area contributed by atoms with Crippen LogP contribution in [0.15, 0.2) is 28.8 Å². The molecule has 2 N–H and O–H groups in total. The summed E-state index contributed by atoms with van der Waals surface area (Å²) in [6.45, 7) is 4.62. The molecule has 2 rings (SSSR count). The second-order valence-corrected chi connectivity index (χ2v) is 6.14.